The molecule has 1 aliphatic rings. The van der Waals surface area contributed by atoms with Gasteiger partial charge in [0.1, 0.15) is 6.04 Å². The summed E-state index contributed by atoms with van der Waals surface area (Å²) >= 11 is 11.7. The van der Waals surface area contributed by atoms with Crippen molar-refractivity contribution in [2.24, 2.45) is 5.92 Å². The van der Waals surface area contributed by atoms with Gasteiger partial charge in [0.25, 0.3) is 5.91 Å². The highest BCUT2D eigenvalue weighted by molar-refractivity contribution is 6.42. The molecule has 1 aromatic carbocycles. The third-order valence-corrected chi connectivity index (χ3v) is 3.54. The molecular weight excluding hydrogens is 275 g/mol. The third-order valence-electron chi connectivity index (χ3n) is 2.80. The number of hydrogen-bond acceptors (Lipinski definition) is 2. The highest BCUT2D eigenvalue weighted by Gasteiger charge is 2.40. The molecule has 0 radical (unpaired) electrons. The molecule has 0 aromatic heterocycles. The lowest BCUT2D eigenvalue weighted by atomic mass is 10.0. The number of halogens is 2. The minimum Gasteiger partial charge on any atom is -0.325 e. The summed E-state index contributed by atoms with van der Waals surface area (Å²) in [5.41, 5.74) is 0.426. The Hall–Kier alpha value is -1.26. The van der Waals surface area contributed by atoms with Gasteiger partial charge in [0, 0.05) is 0 Å². The summed E-state index contributed by atoms with van der Waals surface area (Å²) in [6, 6.07) is 3.73. The van der Waals surface area contributed by atoms with Gasteiger partial charge in [0.2, 0.25) is 0 Å². The Morgan fingerprint density at radius 1 is 1.22 bits per heavy atom. The van der Waals surface area contributed by atoms with Gasteiger partial charge in [-0.05, 0) is 24.1 Å². The predicted molar refractivity (Wildman–Crippen MR) is 71.1 cm³/mol. The summed E-state index contributed by atoms with van der Waals surface area (Å²) < 4.78 is 0. The number of benzene rings is 1. The van der Waals surface area contributed by atoms with Gasteiger partial charge in [-0.2, -0.15) is 0 Å². The Labute approximate surface area is 115 Å². The zero-order valence-electron chi connectivity index (χ0n) is 9.91. The summed E-state index contributed by atoms with van der Waals surface area (Å²) in [7, 11) is 0. The van der Waals surface area contributed by atoms with Gasteiger partial charge in [0.15, 0.2) is 0 Å². The monoisotopic (exact) mass is 286 g/mol. The molecule has 0 bridgehead atoms. The van der Waals surface area contributed by atoms with E-state index < -0.39 is 12.1 Å². The minimum absolute atomic E-state index is 0.0363. The minimum atomic E-state index is -0.494. The van der Waals surface area contributed by atoms with E-state index in [1.165, 1.54) is 6.07 Å². The highest BCUT2D eigenvalue weighted by atomic mass is 35.5. The first-order valence-electron chi connectivity index (χ1n) is 5.51. The average Bonchev–Trinajstić information content (AvgIpc) is 2.59. The van der Waals surface area contributed by atoms with Crippen molar-refractivity contribution in [1.82, 2.24) is 5.32 Å². The molecule has 1 aromatic rings. The fourth-order valence-corrected chi connectivity index (χ4v) is 2.11. The molecule has 4 nitrogen and oxygen atoms in total. The van der Waals surface area contributed by atoms with Crippen LogP contribution in [0.4, 0.5) is 10.5 Å². The first-order valence-corrected chi connectivity index (χ1v) is 6.27. The molecule has 96 valence electrons. The van der Waals surface area contributed by atoms with Crippen molar-refractivity contribution in [3.8, 4) is 0 Å². The van der Waals surface area contributed by atoms with Crippen LogP contribution in [-0.2, 0) is 4.79 Å². The molecule has 1 aliphatic heterocycles. The standard InChI is InChI=1S/C12H12Cl2N2O2/c1-6(2)10-11(17)16(12(18)15-10)7-3-4-8(13)9(14)5-7/h3-6,10H,1-2H3,(H,15,18). The quantitative estimate of drug-likeness (QED) is 0.850. The molecule has 18 heavy (non-hydrogen) atoms. The van der Waals surface area contributed by atoms with Crippen LogP contribution in [0.15, 0.2) is 18.2 Å². The van der Waals surface area contributed by atoms with E-state index in [9.17, 15) is 9.59 Å². The number of urea groups is 1. The molecule has 1 fully saturated rings. The second-order valence-corrected chi connectivity index (χ2v) is 5.26. The number of imide groups is 1. The lowest BCUT2D eigenvalue weighted by Crippen LogP contribution is -2.34. The maximum absolute atomic E-state index is 12.1. The number of nitrogens with zero attached hydrogens (tertiary/aromatic N) is 1. The van der Waals surface area contributed by atoms with E-state index in [-0.39, 0.29) is 11.8 Å². The van der Waals surface area contributed by atoms with Crippen LogP contribution >= 0.6 is 23.2 Å². The molecule has 1 heterocycles. The van der Waals surface area contributed by atoms with Gasteiger partial charge in [-0.1, -0.05) is 37.0 Å². The van der Waals surface area contributed by atoms with Crippen LogP contribution < -0.4 is 10.2 Å². The van der Waals surface area contributed by atoms with Crippen LogP contribution in [0.25, 0.3) is 0 Å². The van der Waals surface area contributed by atoms with Crippen molar-refractivity contribution in [1.29, 1.82) is 0 Å². The number of nitrogens with one attached hydrogen (secondary N) is 1. The summed E-state index contributed by atoms with van der Waals surface area (Å²) in [6.07, 6.45) is 0. The van der Waals surface area contributed by atoms with Crippen molar-refractivity contribution in [3.05, 3.63) is 28.2 Å². The zero-order chi connectivity index (χ0) is 13.4. The average molecular weight is 287 g/mol. The fourth-order valence-electron chi connectivity index (χ4n) is 1.82. The summed E-state index contributed by atoms with van der Waals surface area (Å²) in [5, 5.41) is 3.34. The number of anilines is 1. The highest BCUT2D eigenvalue weighted by Crippen LogP contribution is 2.29. The van der Waals surface area contributed by atoms with Gasteiger partial charge in [-0.25, -0.2) is 9.69 Å². The Bertz CT molecular complexity index is 517. The molecule has 1 unspecified atom stereocenters. The summed E-state index contributed by atoms with van der Waals surface area (Å²) in [6.45, 7) is 3.75. The maximum atomic E-state index is 12.1. The van der Waals surface area contributed by atoms with E-state index in [2.05, 4.69) is 5.32 Å². The van der Waals surface area contributed by atoms with Crippen LogP contribution in [0.1, 0.15) is 13.8 Å². The Morgan fingerprint density at radius 2 is 1.89 bits per heavy atom. The van der Waals surface area contributed by atoms with E-state index >= 15 is 0 Å². The number of hydrogen-bond donors (Lipinski definition) is 1. The van der Waals surface area contributed by atoms with Crippen molar-refractivity contribution >= 4 is 40.8 Å². The van der Waals surface area contributed by atoms with Crippen LogP contribution in [0, 0.1) is 5.92 Å². The second kappa shape index (κ2) is 4.78. The van der Waals surface area contributed by atoms with Crippen molar-refractivity contribution in [2.75, 3.05) is 4.90 Å². The van der Waals surface area contributed by atoms with E-state index in [1.54, 1.807) is 12.1 Å². The lowest BCUT2D eigenvalue weighted by molar-refractivity contribution is -0.119. The Morgan fingerprint density at radius 3 is 2.39 bits per heavy atom. The first-order chi connectivity index (χ1) is 8.41. The molecular formula is C12H12Cl2N2O2. The van der Waals surface area contributed by atoms with Crippen LogP contribution in [0.5, 0.6) is 0 Å². The first kappa shape index (κ1) is 13.2. The second-order valence-electron chi connectivity index (χ2n) is 4.44. The van der Waals surface area contributed by atoms with E-state index in [4.69, 9.17) is 23.2 Å². The van der Waals surface area contributed by atoms with E-state index in [0.717, 1.165) is 4.90 Å². The van der Waals surface area contributed by atoms with Crippen LogP contribution in [0.2, 0.25) is 10.0 Å². The van der Waals surface area contributed by atoms with Crippen LogP contribution in [-0.4, -0.2) is 18.0 Å². The van der Waals surface area contributed by atoms with Crippen molar-refractivity contribution < 1.29 is 9.59 Å². The molecule has 1 atom stereocenters. The zero-order valence-corrected chi connectivity index (χ0v) is 11.4. The van der Waals surface area contributed by atoms with Gasteiger partial charge in [-0.15, -0.1) is 0 Å². The Kier molecular flexibility index (Phi) is 3.50. The lowest BCUT2D eigenvalue weighted by Gasteiger charge is -2.14. The molecule has 0 spiro atoms. The van der Waals surface area contributed by atoms with Gasteiger partial charge in [0.05, 0.1) is 15.7 Å². The summed E-state index contributed by atoms with van der Waals surface area (Å²) in [4.78, 5) is 25.0. The SMILES string of the molecule is CC(C)C1NC(=O)N(c2ccc(Cl)c(Cl)c2)C1=O. The number of amides is 3. The largest absolute Gasteiger partial charge is 0.329 e. The molecule has 1 saturated heterocycles. The molecule has 0 saturated carbocycles. The van der Waals surface area contributed by atoms with Crippen LogP contribution in [0.3, 0.4) is 0 Å². The Balaban J connectivity index is 2.36. The topological polar surface area (TPSA) is 49.4 Å². The molecule has 6 heteroatoms. The molecule has 0 aliphatic carbocycles. The van der Waals surface area contributed by atoms with Gasteiger partial charge in [-0.3, -0.25) is 4.79 Å². The van der Waals surface area contributed by atoms with Gasteiger partial charge >= 0.3 is 6.03 Å². The number of rotatable bonds is 2. The van der Waals surface area contributed by atoms with Crippen molar-refractivity contribution in [2.45, 2.75) is 19.9 Å². The maximum Gasteiger partial charge on any atom is 0.329 e. The van der Waals surface area contributed by atoms with Crippen molar-refractivity contribution in [3.63, 3.8) is 0 Å². The van der Waals surface area contributed by atoms with E-state index in [0.29, 0.717) is 15.7 Å². The van der Waals surface area contributed by atoms with E-state index in [1.807, 2.05) is 13.8 Å². The normalized spacial score (nSPS) is 19.6. The molecule has 3 amide bonds. The number of carbonyl (C=O) groups excluding carboxylic acids is 2. The van der Waals surface area contributed by atoms with Gasteiger partial charge < -0.3 is 5.32 Å². The smallest absolute Gasteiger partial charge is 0.325 e. The predicted octanol–water partition coefficient (Wildman–Crippen LogP) is 3.07. The number of carbonyl (C=O) groups is 2. The molecule has 1 N–H and O–H groups in total. The summed E-state index contributed by atoms with van der Waals surface area (Å²) in [5.74, 6) is -0.234. The fraction of sp³-hybridized carbons (Fsp3) is 0.333. The molecule has 2 rings (SSSR count). The third kappa shape index (κ3) is 2.18.